The molecule has 3 atom stereocenters. The molecule has 0 aromatic heterocycles. The molecule has 1 aromatic rings. The van der Waals surface area contributed by atoms with Crippen LogP contribution in [0.4, 0.5) is 10.5 Å². The first-order valence-electron chi connectivity index (χ1n) is 8.10. The summed E-state index contributed by atoms with van der Waals surface area (Å²) in [5, 5.41) is 8.62. The molecule has 0 spiro atoms. The van der Waals surface area contributed by atoms with Crippen molar-refractivity contribution in [2.45, 2.75) is 51.7 Å². The summed E-state index contributed by atoms with van der Waals surface area (Å²) in [5.74, 6) is -0.289. The van der Waals surface area contributed by atoms with Crippen LogP contribution >= 0.6 is 12.4 Å². The molecule has 3 unspecified atom stereocenters. The molecule has 1 aromatic carbocycles. The number of urea groups is 1. The first kappa shape index (κ1) is 20.3. The van der Waals surface area contributed by atoms with E-state index in [-0.39, 0.29) is 42.3 Å². The zero-order chi connectivity index (χ0) is 17.0. The van der Waals surface area contributed by atoms with Crippen molar-refractivity contribution in [1.29, 1.82) is 0 Å². The minimum absolute atomic E-state index is 0. The van der Waals surface area contributed by atoms with E-state index in [2.05, 4.69) is 16.0 Å². The summed E-state index contributed by atoms with van der Waals surface area (Å²) in [5.41, 5.74) is 7.46. The molecular weight excluding hydrogens is 328 g/mol. The van der Waals surface area contributed by atoms with Crippen LogP contribution in [0.25, 0.3) is 0 Å². The molecular formula is C17H27ClN4O2. The molecule has 24 heavy (non-hydrogen) atoms. The Hall–Kier alpha value is -1.79. The Labute approximate surface area is 149 Å². The first-order valence-corrected chi connectivity index (χ1v) is 8.10. The van der Waals surface area contributed by atoms with Crippen molar-refractivity contribution in [3.05, 3.63) is 29.8 Å². The van der Waals surface area contributed by atoms with Gasteiger partial charge in [-0.25, -0.2) is 4.79 Å². The second kappa shape index (κ2) is 8.89. The average Bonchev–Trinajstić information content (AvgIpc) is 3.30. The van der Waals surface area contributed by atoms with E-state index < -0.39 is 0 Å². The average molecular weight is 355 g/mol. The predicted octanol–water partition coefficient (Wildman–Crippen LogP) is 2.55. The van der Waals surface area contributed by atoms with Crippen LogP contribution in [0.1, 0.15) is 45.2 Å². The summed E-state index contributed by atoms with van der Waals surface area (Å²) in [4.78, 5) is 23.7. The number of hydrogen-bond donors (Lipinski definition) is 4. The summed E-state index contributed by atoms with van der Waals surface area (Å²) < 4.78 is 0. The molecule has 7 heteroatoms. The molecule has 0 aliphatic heterocycles. The van der Waals surface area contributed by atoms with Gasteiger partial charge in [-0.05, 0) is 44.4 Å². The van der Waals surface area contributed by atoms with Crippen LogP contribution in [-0.4, -0.2) is 24.0 Å². The van der Waals surface area contributed by atoms with Crippen molar-refractivity contribution in [2.75, 3.05) is 5.32 Å². The zero-order valence-electron chi connectivity index (χ0n) is 14.3. The molecule has 5 N–H and O–H groups in total. The molecule has 0 heterocycles. The number of hydrogen-bond acceptors (Lipinski definition) is 3. The van der Waals surface area contributed by atoms with Crippen molar-refractivity contribution in [3.8, 4) is 0 Å². The predicted molar refractivity (Wildman–Crippen MR) is 98.2 cm³/mol. The third-order valence-electron chi connectivity index (χ3n) is 4.14. The first-order chi connectivity index (χ1) is 10.9. The van der Waals surface area contributed by atoms with E-state index in [1.54, 1.807) is 0 Å². The van der Waals surface area contributed by atoms with E-state index in [1.807, 2.05) is 45.0 Å². The summed E-state index contributed by atoms with van der Waals surface area (Å²) in [7, 11) is 0. The lowest BCUT2D eigenvalue weighted by atomic mass is 10.0. The Kier molecular flexibility index (Phi) is 7.51. The molecule has 0 radical (unpaired) electrons. The lowest BCUT2D eigenvalue weighted by Gasteiger charge is -2.20. The van der Waals surface area contributed by atoms with Crippen LogP contribution in [-0.2, 0) is 4.79 Å². The molecule has 1 aliphatic carbocycles. The van der Waals surface area contributed by atoms with E-state index >= 15 is 0 Å². The number of rotatable bonds is 6. The number of halogens is 1. The lowest BCUT2D eigenvalue weighted by Crippen LogP contribution is -2.39. The van der Waals surface area contributed by atoms with Gasteiger partial charge in [-0.1, -0.05) is 19.1 Å². The van der Waals surface area contributed by atoms with Gasteiger partial charge >= 0.3 is 6.03 Å². The molecule has 1 saturated carbocycles. The fourth-order valence-corrected chi connectivity index (χ4v) is 2.10. The fraction of sp³-hybridized carbons (Fsp3) is 0.529. The number of carbonyl (C=O) groups is 2. The van der Waals surface area contributed by atoms with Gasteiger partial charge in [-0.15, -0.1) is 12.4 Å². The number of amides is 3. The van der Waals surface area contributed by atoms with Gasteiger partial charge in [-0.2, -0.15) is 0 Å². The number of anilines is 1. The van der Waals surface area contributed by atoms with Crippen LogP contribution in [0, 0.1) is 5.92 Å². The highest BCUT2D eigenvalue weighted by Crippen LogP contribution is 2.20. The maximum absolute atomic E-state index is 12.0. The van der Waals surface area contributed by atoms with Crippen LogP contribution < -0.4 is 21.7 Å². The van der Waals surface area contributed by atoms with Gasteiger partial charge in [0.2, 0.25) is 5.91 Å². The largest absolute Gasteiger partial charge is 0.349 e. The number of nitrogens with two attached hydrogens (primary N) is 1. The Morgan fingerprint density at radius 2 is 1.71 bits per heavy atom. The molecule has 134 valence electrons. The van der Waals surface area contributed by atoms with Crippen molar-refractivity contribution in [1.82, 2.24) is 10.6 Å². The van der Waals surface area contributed by atoms with Gasteiger partial charge in [0.1, 0.15) is 0 Å². The molecule has 3 amide bonds. The second-order valence-electron chi connectivity index (χ2n) is 6.37. The highest BCUT2D eigenvalue weighted by Gasteiger charge is 2.23. The van der Waals surface area contributed by atoms with E-state index in [1.165, 1.54) is 0 Å². The molecule has 0 saturated heterocycles. The van der Waals surface area contributed by atoms with Crippen molar-refractivity contribution < 1.29 is 9.59 Å². The molecule has 0 bridgehead atoms. The van der Waals surface area contributed by atoms with Crippen LogP contribution in [0.2, 0.25) is 0 Å². The Bertz CT molecular complexity index is 558. The second-order valence-corrected chi connectivity index (χ2v) is 6.37. The maximum atomic E-state index is 12.0. The van der Waals surface area contributed by atoms with Gasteiger partial charge in [-0.3, -0.25) is 4.79 Å². The fourth-order valence-electron chi connectivity index (χ4n) is 2.10. The highest BCUT2D eigenvalue weighted by atomic mass is 35.5. The standard InChI is InChI=1S/C17H26N4O2.ClH/c1-10(11(2)18)16(22)19-12(3)13-4-6-14(7-5-13)20-17(23)21-15-8-9-15;/h4-7,10-12,15H,8-9,18H2,1-3H3,(H,19,22)(H2,20,21,23);1H. The van der Waals surface area contributed by atoms with Crippen LogP contribution in [0.5, 0.6) is 0 Å². The van der Waals surface area contributed by atoms with Gasteiger partial charge < -0.3 is 21.7 Å². The smallest absolute Gasteiger partial charge is 0.319 e. The normalized spacial score (nSPS) is 17.0. The third-order valence-corrected chi connectivity index (χ3v) is 4.14. The van der Waals surface area contributed by atoms with E-state index in [0.717, 1.165) is 24.1 Å². The zero-order valence-corrected chi connectivity index (χ0v) is 15.2. The Balaban J connectivity index is 0.00000288. The molecule has 1 fully saturated rings. The molecule has 6 nitrogen and oxygen atoms in total. The topological polar surface area (TPSA) is 96.2 Å². The van der Waals surface area contributed by atoms with Gasteiger partial charge in [0, 0.05) is 23.7 Å². The maximum Gasteiger partial charge on any atom is 0.319 e. The summed E-state index contributed by atoms with van der Waals surface area (Å²) in [6.07, 6.45) is 2.12. The highest BCUT2D eigenvalue weighted by molar-refractivity contribution is 5.89. The van der Waals surface area contributed by atoms with Gasteiger partial charge in [0.05, 0.1) is 6.04 Å². The number of carbonyl (C=O) groups excluding carboxylic acids is 2. The molecule has 2 rings (SSSR count). The van der Waals surface area contributed by atoms with E-state index in [0.29, 0.717) is 6.04 Å². The van der Waals surface area contributed by atoms with E-state index in [4.69, 9.17) is 5.73 Å². The van der Waals surface area contributed by atoms with Gasteiger partial charge in [0.15, 0.2) is 0 Å². The minimum atomic E-state index is -0.232. The monoisotopic (exact) mass is 354 g/mol. The van der Waals surface area contributed by atoms with Crippen molar-refractivity contribution >= 4 is 30.0 Å². The Morgan fingerprint density at radius 1 is 1.12 bits per heavy atom. The third kappa shape index (κ3) is 6.02. The van der Waals surface area contributed by atoms with E-state index in [9.17, 15) is 9.59 Å². The SMILES string of the molecule is CC(NC(=O)C(C)C(C)N)c1ccc(NC(=O)NC2CC2)cc1.Cl. The minimum Gasteiger partial charge on any atom is -0.349 e. The van der Waals surface area contributed by atoms with Crippen LogP contribution in [0.3, 0.4) is 0 Å². The summed E-state index contributed by atoms with van der Waals surface area (Å²) >= 11 is 0. The number of benzene rings is 1. The quantitative estimate of drug-likeness (QED) is 0.632. The summed E-state index contributed by atoms with van der Waals surface area (Å²) in [6.45, 7) is 5.56. The lowest BCUT2D eigenvalue weighted by molar-refractivity contribution is -0.125. The Morgan fingerprint density at radius 3 is 2.21 bits per heavy atom. The van der Waals surface area contributed by atoms with Crippen molar-refractivity contribution in [3.63, 3.8) is 0 Å². The van der Waals surface area contributed by atoms with Crippen LogP contribution in [0.15, 0.2) is 24.3 Å². The van der Waals surface area contributed by atoms with Crippen molar-refractivity contribution in [2.24, 2.45) is 11.7 Å². The summed E-state index contributed by atoms with van der Waals surface area (Å²) in [6, 6.07) is 7.32. The molecule has 1 aliphatic rings. The van der Waals surface area contributed by atoms with Gasteiger partial charge in [0.25, 0.3) is 0 Å². The number of nitrogens with one attached hydrogen (secondary N) is 3.